The second-order valence-corrected chi connectivity index (χ2v) is 4.61. The minimum atomic E-state index is -1.07. The summed E-state index contributed by atoms with van der Waals surface area (Å²) in [7, 11) is 0. The van der Waals surface area contributed by atoms with Crippen molar-refractivity contribution < 1.29 is 24.2 Å². The second kappa shape index (κ2) is 6.34. The Bertz CT molecular complexity index is 336. The third-order valence-corrected chi connectivity index (χ3v) is 2.67. The van der Waals surface area contributed by atoms with Crippen LogP contribution in [0.3, 0.4) is 0 Å². The van der Waals surface area contributed by atoms with E-state index in [0.717, 1.165) is 12.8 Å². The molecule has 0 saturated carbocycles. The van der Waals surface area contributed by atoms with E-state index in [-0.39, 0.29) is 12.8 Å². The highest BCUT2D eigenvalue weighted by Crippen LogP contribution is 2.17. The van der Waals surface area contributed by atoms with Gasteiger partial charge in [-0.15, -0.1) is 0 Å². The summed E-state index contributed by atoms with van der Waals surface area (Å²) in [5.41, 5.74) is -0.477. The number of carbonyl (C=O) groups excluding carboxylic acids is 2. The SMILES string of the molecule is CC1(NC(=O)NC(=O)CCC(=O)O)CCCOC1. The van der Waals surface area contributed by atoms with E-state index in [9.17, 15) is 14.4 Å². The molecule has 3 amide bonds. The van der Waals surface area contributed by atoms with Crippen molar-refractivity contribution in [3.8, 4) is 0 Å². The number of carboxylic acids is 1. The zero-order valence-corrected chi connectivity index (χ0v) is 10.3. The third-order valence-electron chi connectivity index (χ3n) is 2.67. The Hall–Kier alpha value is -1.63. The number of urea groups is 1. The second-order valence-electron chi connectivity index (χ2n) is 4.61. The Labute approximate surface area is 105 Å². The molecule has 1 unspecified atom stereocenters. The van der Waals surface area contributed by atoms with E-state index in [0.29, 0.717) is 13.2 Å². The largest absolute Gasteiger partial charge is 0.481 e. The lowest BCUT2D eigenvalue weighted by atomic mass is 9.95. The summed E-state index contributed by atoms with van der Waals surface area (Å²) in [6, 6.07) is -0.613. The summed E-state index contributed by atoms with van der Waals surface area (Å²) in [6.45, 7) is 2.92. The first kappa shape index (κ1) is 14.4. The molecule has 102 valence electrons. The number of carbonyl (C=O) groups is 3. The summed E-state index contributed by atoms with van der Waals surface area (Å²) < 4.78 is 5.26. The quantitative estimate of drug-likeness (QED) is 0.670. The fourth-order valence-electron chi connectivity index (χ4n) is 1.75. The Morgan fingerprint density at radius 3 is 2.61 bits per heavy atom. The minimum absolute atomic E-state index is 0.212. The first-order valence-corrected chi connectivity index (χ1v) is 5.83. The number of hydrogen-bond donors (Lipinski definition) is 3. The van der Waals surface area contributed by atoms with Crippen molar-refractivity contribution in [3.05, 3.63) is 0 Å². The zero-order chi connectivity index (χ0) is 13.6. The van der Waals surface area contributed by atoms with Crippen LogP contribution in [0.4, 0.5) is 4.79 Å². The Morgan fingerprint density at radius 1 is 1.33 bits per heavy atom. The van der Waals surface area contributed by atoms with Crippen molar-refractivity contribution in [2.75, 3.05) is 13.2 Å². The van der Waals surface area contributed by atoms with E-state index in [1.165, 1.54) is 0 Å². The van der Waals surface area contributed by atoms with E-state index in [1.807, 2.05) is 6.92 Å². The Kier molecular flexibility index (Phi) is 5.08. The molecule has 1 fully saturated rings. The van der Waals surface area contributed by atoms with Gasteiger partial charge < -0.3 is 15.2 Å². The van der Waals surface area contributed by atoms with Gasteiger partial charge in [-0.05, 0) is 19.8 Å². The highest BCUT2D eigenvalue weighted by atomic mass is 16.5. The van der Waals surface area contributed by atoms with Crippen LogP contribution in [0.25, 0.3) is 0 Å². The van der Waals surface area contributed by atoms with Crippen LogP contribution in [-0.4, -0.2) is 41.8 Å². The number of imide groups is 1. The highest BCUT2D eigenvalue weighted by Gasteiger charge is 2.29. The van der Waals surface area contributed by atoms with Gasteiger partial charge in [-0.3, -0.25) is 14.9 Å². The van der Waals surface area contributed by atoms with E-state index in [2.05, 4.69) is 10.6 Å². The van der Waals surface area contributed by atoms with E-state index < -0.39 is 23.4 Å². The molecule has 7 nitrogen and oxygen atoms in total. The van der Waals surface area contributed by atoms with E-state index >= 15 is 0 Å². The summed E-state index contributed by atoms with van der Waals surface area (Å²) in [4.78, 5) is 33.0. The number of hydrogen-bond acceptors (Lipinski definition) is 4. The van der Waals surface area contributed by atoms with Crippen LogP contribution in [0.1, 0.15) is 32.6 Å². The standard InChI is InChI=1S/C11H18N2O5/c1-11(5-2-6-18-7-11)13-10(17)12-8(14)3-4-9(15)16/h2-7H2,1H3,(H,15,16)(H2,12,13,14,17). The van der Waals surface area contributed by atoms with Crippen molar-refractivity contribution >= 4 is 17.9 Å². The minimum Gasteiger partial charge on any atom is -0.481 e. The molecule has 1 heterocycles. The first-order valence-electron chi connectivity index (χ1n) is 5.83. The normalized spacial score (nSPS) is 23.2. The van der Waals surface area contributed by atoms with Crippen LogP contribution in [0.2, 0.25) is 0 Å². The molecule has 1 saturated heterocycles. The third kappa shape index (κ3) is 5.13. The van der Waals surface area contributed by atoms with Gasteiger partial charge in [0.05, 0.1) is 18.6 Å². The average Bonchev–Trinajstić information content (AvgIpc) is 2.26. The van der Waals surface area contributed by atoms with Gasteiger partial charge in [0, 0.05) is 13.0 Å². The molecule has 0 radical (unpaired) electrons. The van der Waals surface area contributed by atoms with Crippen molar-refractivity contribution in [2.24, 2.45) is 0 Å². The molecule has 0 aromatic rings. The van der Waals surface area contributed by atoms with Crippen LogP contribution in [0, 0.1) is 0 Å². The molecule has 0 aromatic heterocycles. The lowest BCUT2D eigenvalue weighted by Gasteiger charge is -2.34. The molecule has 1 rings (SSSR count). The molecular formula is C11H18N2O5. The molecule has 0 aliphatic carbocycles. The maximum absolute atomic E-state index is 11.5. The fourth-order valence-corrected chi connectivity index (χ4v) is 1.75. The molecule has 18 heavy (non-hydrogen) atoms. The van der Waals surface area contributed by atoms with Gasteiger partial charge in [0.15, 0.2) is 0 Å². The number of carboxylic acid groups (broad SMARTS) is 1. The molecule has 3 N–H and O–H groups in total. The molecule has 7 heteroatoms. The van der Waals surface area contributed by atoms with E-state index in [1.54, 1.807) is 0 Å². The van der Waals surface area contributed by atoms with Gasteiger partial charge in [-0.25, -0.2) is 4.79 Å². The molecular weight excluding hydrogens is 240 g/mol. The summed E-state index contributed by atoms with van der Waals surface area (Å²) in [6.07, 6.45) is 1.13. The Balaban J connectivity index is 2.32. The molecule has 0 bridgehead atoms. The highest BCUT2D eigenvalue weighted by molar-refractivity contribution is 5.95. The first-order chi connectivity index (χ1) is 8.41. The van der Waals surface area contributed by atoms with Crippen LogP contribution in [-0.2, 0) is 14.3 Å². The number of rotatable bonds is 4. The van der Waals surface area contributed by atoms with Gasteiger partial charge in [0.1, 0.15) is 0 Å². The van der Waals surface area contributed by atoms with Gasteiger partial charge >= 0.3 is 12.0 Å². The summed E-state index contributed by atoms with van der Waals surface area (Å²) in [5, 5.41) is 13.2. The molecule has 1 aliphatic rings. The number of amides is 3. The molecule has 1 aliphatic heterocycles. The number of aliphatic carboxylic acids is 1. The Morgan fingerprint density at radius 2 is 2.06 bits per heavy atom. The molecule has 0 spiro atoms. The lowest BCUT2D eigenvalue weighted by Crippen LogP contribution is -2.55. The van der Waals surface area contributed by atoms with Gasteiger partial charge in [-0.2, -0.15) is 0 Å². The maximum atomic E-state index is 11.5. The predicted octanol–water partition coefficient (Wildman–Crippen LogP) is 0.246. The summed E-state index contributed by atoms with van der Waals surface area (Å²) >= 11 is 0. The maximum Gasteiger partial charge on any atom is 0.321 e. The van der Waals surface area contributed by atoms with Gasteiger partial charge in [-0.1, -0.05) is 0 Å². The topological polar surface area (TPSA) is 105 Å². The van der Waals surface area contributed by atoms with Gasteiger partial charge in [0.25, 0.3) is 0 Å². The molecule has 0 aromatic carbocycles. The van der Waals surface area contributed by atoms with Crippen molar-refractivity contribution in [3.63, 3.8) is 0 Å². The average molecular weight is 258 g/mol. The number of nitrogens with one attached hydrogen (secondary N) is 2. The van der Waals surface area contributed by atoms with Gasteiger partial charge in [0.2, 0.25) is 5.91 Å². The predicted molar refractivity (Wildman–Crippen MR) is 62.0 cm³/mol. The zero-order valence-electron chi connectivity index (χ0n) is 10.3. The van der Waals surface area contributed by atoms with Crippen LogP contribution >= 0.6 is 0 Å². The monoisotopic (exact) mass is 258 g/mol. The van der Waals surface area contributed by atoms with Crippen molar-refractivity contribution in [1.29, 1.82) is 0 Å². The smallest absolute Gasteiger partial charge is 0.321 e. The van der Waals surface area contributed by atoms with Crippen LogP contribution in [0.15, 0.2) is 0 Å². The lowest BCUT2D eigenvalue weighted by molar-refractivity contribution is -0.138. The summed E-state index contributed by atoms with van der Waals surface area (Å²) in [5.74, 6) is -1.67. The van der Waals surface area contributed by atoms with E-state index in [4.69, 9.17) is 9.84 Å². The fraction of sp³-hybridized carbons (Fsp3) is 0.727. The van der Waals surface area contributed by atoms with Crippen molar-refractivity contribution in [1.82, 2.24) is 10.6 Å². The molecule has 1 atom stereocenters. The van der Waals surface area contributed by atoms with Crippen LogP contribution < -0.4 is 10.6 Å². The van der Waals surface area contributed by atoms with Crippen LogP contribution in [0.5, 0.6) is 0 Å². The van der Waals surface area contributed by atoms with Crippen molar-refractivity contribution in [2.45, 2.75) is 38.1 Å². The number of ether oxygens (including phenoxy) is 1.